The fourth-order valence-corrected chi connectivity index (χ4v) is 14.9. The summed E-state index contributed by atoms with van der Waals surface area (Å²) in [6.45, 7) is 13.6. The molecule has 13 rings (SSSR count). The van der Waals surface area contributed by atoms with Crippen molar-refractivity contribution in [1.82, 2.24) is 0 Å². The van der Waals surface area contributed by atoms with Gasteiger partial charge in [-0.2, -0.15) is 0 Å². The van der Waals surface area contributed by atoms with Gasteiger partial charge in [-0.25, -0.2) is 24.1 Å². The molecule has 2 aromatic carbocycles. The van der Waals surface area contributed by atoms with E-state index in [4.69, 9.17) is 52.1 Å². The molecule has 61 heavy (non-hydrogen) atoms. The van der Waals surface area contributed by atoms with Crippen molar-refractivity contribution < 1.29 is 56.6 Å². The molecule has 0 radical (unpaired) electrons. The van der Waals surface area contributed by atoms with Gasteiger partial charge in [0.05, 0.1) is 25.4 Å². The SMILES string of the molecule is C[C@H]1[C@@H](CCc2cc3c(cc2CC[C@H]2O[C@@H]4O[C@@]5(C)CC[C@H]6[C@H](C)CC[C@@H]([C@H]2C)[C@@]46OO5)COP(=O)(Oc2ccccc2)OC3)O[C@@H]2O[C@@]3(C)CC[C@H]4[C@H](C)CC[C@@H]1[C@@]24OO3. The van der Waals surface area contributed by atoms with Crippen molar-refractivity contribution in [3.05, 3.63) is 64.7 Å². The van der Waals surface area contributed by atoms with Gasteiger partial charge in [-0.15, -0.1) is 0 Å². The summed E-state index contributed by atoms with van der Waals surface area (Å²) < 4.78 is 59.3. The van der Waals surface area contributed by atoms with Crippen LogP contribution in [0.25, 0.3) is 0 Å². The zero-order valence-corrected chi connectivity index (χ0v) is 37.6. The molecule has 0 unspecified atom stereocenters. The van der Waals surface area contributed by atoms with E-state index in [0.717, 1.165) is 75.3 Å². The van der Waals surface area contributed by atoms with Crippen LogP contribution >= 0.6 is 7.82 Å². The number of aryl methyl sites for hydroxylation is 2. The smallest absolute Gasteiger partial charge is 0.404 e. The quantitative estimate of drug-likeness (QED) is 0.186. The van der Waals surface area contributed by atoms with Crippen LogP contribution in [0.3, 0.4) is 0 Å². The van der Waals surface area contributed by atoms with Crippen LogP contribution in [0.15, 0.2) is 42.5 Å². The number of benzene rings is 2. The number of para-hydroxylation sites is 1. The predicted molar refractivity (Wildman–Crippen MR) is 221 cm³/mol. The number of ether oxygens (including phenoxy) is 4. The average Bonchev–Trinajstić information content (AvgIpc) is 3.69. The Labute approximate surface area is 360 Å². The Kier molecular flexibility index (Phi) is 10.5. The molecule has 9 aliphatic heterocycles. The fraction of sp³-hybridized carbons (Fsp3) is 0.750. The molecule has 2 aromatic rings. The topological polar surface area (TPSA) is 119 Å². The van der Waals surface area contributed by atoms with Crippen molar-refractivity contribution in [3.8, 4) is 5.75 Å². The van der Waals surface area contributed by atoms with Gasteiger partial charge in [-0.3, -0.25) is 9.05 Å². The third-order valence-corrected chi connectivity index (χ3v) is 18.5. The van der Waals surface area contributed by atoms with Crippen LogP contribution < -0.4 is 4.52 Å². The summed E-state index contributed by atoms with van der Waals surface area (Å²) >= 11 is 0. The van der Waals surface area contributed by atoms with Crippen LogP contribution in [-0.2, 0) is 78.2 Å². The molecular formula is C48H65O12P. The van der Waals surface area contributed by atoms with E-state index in [1.165, 1.54) is 24.0 Å². The number of fused-ring (bicyclic) bond motifs is 5. The van der Waals surface area contributed by atoms with E-state index >= 15 is 0 Å². The van der Waals surface area contributed by atoms with Gasteiger partial charge in [-0.05, 0) is 148 Å². The second-order valence-corrected chi connectivity index (χ2v) is 22.3. The molecule has 0 amide bonds. The number of rotatable bonds is 8. The van der Waals surface area contributed by atoms with Crippen molar-refractivity contribution in [3.63, 3.8) is 0 Å². The van der Waals surface area contributed by atoms with Crippen LogP contribution in [0.4, 0.5) is 0 Å². The molecule has 2 spiro atoms. The average molecular weight is 865 g/mol. The van der Waals surface area contributed by atoms with E-state index in [1.807, 2.05) is 32.0 Å². The van der Waals surface area contributed by atoms with Gasteiger partial charge in [0.25, 0.3) is 0 Å². The highest BCUT2D eigenvalue weighted by molar-refractivity contribution is 7.48. The van der Waals surface area contributed by atoms with Gasteiger partial charge in [0, 0.05) is 24.7 Å². The second kappa shape index (κ2) is 15.3. The summed E-state index contributed by atoms with van der Waals surface area (Å²) in [6.07, 6.45) is 10.3. The summed E-state index contributed by atoms with van der Waals surface area (Å²) in [6, 6.07) is 13.6. The Balaban J connectivity index is 0.869. The Bertz CT molecular complexity index is 1900. The largest absolute Gasteiger partial charge is 0.530 e. The third-order valence-electron chi connectivity index (χ3n) is 17.2. The van der Waals surface area contributed by atoms with Gasteiger partial charge in [0.2, 0.25) is 11.6 Å². The van der Waals surface area contributed by atoms with Gasteiger partial charge in [0.15, 0.2) is 23.8 Å². The summed E-state index contributed by atoms with van der Waals surface area (Å²) in [4.78, 5) is 25.1. The lowest BCUT2D eigenvalue weighted by Gasteiger charge is -2.60. The van der Waals surface area contributed by atoms with Crippen LogP contribution in [0, 0.1) is 47.3 Å². The van der Waals surface area contributed by atoms with E-state index in [2.05, 4.69) is 39.8 Å². The predicted octanol–water partition coefficient (Wildman–Crippen LogP) is 10.3. The first-order chi connectivity index (χ1) is 29.3. The Morgan fingerprint density at radius 2 is 1.10 bits per heavy atom. The first-order valence-electron chi connectivity index (χ1n) is 23.5. The molecule has 8 saturated heterocycles. The highest BCUT2D eigenvalue weighted by Crippen LogP contribution is 2.63. The van der Waals surface area contributed by atoms with E-state index in [-0.39, 0.29) is 49.1 Å². The molecule has 0 aromatic heterocycles. The summed E-state index contributed by atoms with van der Waals surface area (Å²) in [5.74, 6) is 1.52. The van der Waals surface area contributed by atoms with E-state index in [1.54, 1.807) is 12.1 Å². The van der Waals surface area contributed by atoms with Gasteiger partial charge in [0.1, 0.15) is 5.75 Å². The molecule has 12 nitrogen and oxygen atoms in total. The van der Waals surface area contributed by atoms with Crippen LogP contribution in [0.2, 0.25) is 0 Å². The van der Waals surface area contributed by atoms with Crippen LogP contribution in [0.1, 0.15) is 128 Å². The molecule has 0 N–H and O–H groups in total. The van der Waals surface area contributed by atoms with E-state index in [9.17, 15) is 4.57 Å². The van der Waals surface area contributed by atoms with Gasteiger partial charge >= 0.3 is 7.82 Å². The first-order valence-corrected chi connectivity index (χ1v) is 24.9. The number of hydrogen-bond acceptors (Lipinski definition) is 12. The standard InChI is InChI=1S/C48H65O12P/c1-28-12-16-39-30(3)41(52-43-47(39)37(28)20-22-45(5,54-43)57-59-47)18-14-32-24-34-26-50-61(49,56-36-10-8-7-9-11-36)51-27-35(34)25-33(32)15-19-42-31(4)40-17-13-29(2)38-21-23-46(6)55-44(53-42)48(38,40)60-58-46/h7-11,24-25,28-31,37-44H,12-23,26-27H2,1-6H3/t28-,29-,30-,31-,37+,38+,39+,40+,41-,42-,43-,44-,45-,46-,47-,48-/m1/s1. The minimum Gasteiger partial charge on any atom is -0.404 e. The monoisotopic (exact) mass is 864 g/mol. The maximum absolute atomic E-state index is 13.9. The second-order valence-electron chi connectivity index (χ2n) is 20.8. The Hall–Kier alpha value is -1.93. The van der Waals surface area contributed by atoms with Gasteiger partial charge < -0.3 is 23.5 Å². The van der Waals surface area contributed by atoms with Crippen molar-refractivity contribution in [2.45, 2.75) is 179 Å². The highest BCUT2D eigenvalue weighted by Gasteiger charge is 2.70. The lowest BCUT2D eigenvalue weighted by Crippen LogP contribution is -2.70. The summed E-state index contributed by atoms with van der Waals surface area (Å²) in [5.41, 5.74) is 3.18. The van der Waals surface area contributed by atoms with E-state index in [0.29, 0.717) is 29.4 Å². The lowest BCUT2D eigenvalue weighted by atomic mass is 9.57. The highest BCUT2D eigenvalue weighted by atomic mass is 31.2. The van der Waals surface area contributed by atoms with Crippen molar-refractivity contribution in [2.24, 2.45) is 47.3 Å². The zero-order valence-electron chi connectivity index (χ0n) is 36.7. The Morgan fingerprint density at radius 3 is 1.57 bits per heavy atom. The number of hydrogen-bond donors (Lipinski definition) is 0. The first kappa shape index (κ1) is 41.8. The number of phosphoric ester groups is 1. The molecule has 9 heterocycles. The third kappa shape index (κ3) is 6.87. The zero-order chi connectivity index (χ0) is 41.9. The minimum absolute atomic E-state index is 0.0297. The molecule has 2 saturated carbocycles. The normalized spacial score (nSPS) is 48.5. The summed E-state index contributed by atoms with van der Waals surface area (Å²) in [5, 5.41) is 0. The molecule has 11 aliphatic rings. The number of phosphoric acid groups is 1. The van der Waals surface area contributed by atoms with Crippen LogP contribution in [-0.4, -0.2) is 47.6 Å². The molecular weight excluding hydrogens is 799 g/mol. The van der Waals surface area contributed by atoms with Crippen LogP contribution in [0.5, 0.6) is 5.75 Å². The Morgan fingerprint density at radius 1 is 0.623 bits per heavy atom. The maximum Gasteiger partial charge on any atom is 0.530 e. The fourth-order valence-electron chi connectivity index (χ4n) is 13.7. The van der Waals surface area contributed by atoms with Crippen molar-refractivity contribution in [1.29, 1.82) is 0 Å². The lowest BCUT2D eigenvalue weighted by molar-refractivity contribution is -0.571. The molecule has 10 fully saturated rings. The molecule has 13 heteroatoms. The summed E-state index contributed by atoms with van der Waals surface area (Å²) in [7, 11) is -3.88. The van der Waals surface area contributed by atoms with E-state index < -0.39 is 43.2 Å². The maximum atomic E-state index is 13.9. The minimum atomic E-state index is -3.88. The van der Waals surface area contributed by atoms with Gasteiger partial charge in [-0.1, -0.05) is 58.0 Å². The molecule has 2 aliphatic carbocycles. The molecule has 4 bridgehead atoms. The van der Waals surface area contributed by atoms with Crippen molar-refractivity contribution >= 4 is 7.82 Å². The molecule has 16 atom stereocenters. The molecule has 334 valence electrons. The van der Waals surface area contributed by atoms with Crippen molar-refractivity contribution in [2.75, 3.05) is 0 Å².